The third-order valence-corrected chi connectivity index (χ3v) is 2.96. The van der Waals surface area contributed by atoms with Crippen molar-refractivity contribution in [3.63, 3.8) is 0 Å². The molecule has 0 saturated carbocycles. The average molecular weight is 306 g/mol. The molecule has 8 heteroatoms. The fourth-order valence-corrected chi connectivity index (χ4v) is 1.70. The van der Waals surface area contributed by atoms with Gasteiger partial charge in [-0.25, -0.2) is 0 Å². The Bertz CT molecular complexity index is 579. The molecule has 0 amide bonds. The summed E-state index contributed by atoms with van der Waals surface area (Å²) in [5.74, 6) is 0.219. The second kappa shape index (κ2) is 5.56. The summed E-state index contributed by atoms with van der Waals surface area (Å²) in [5.41, 5.74) is 0.563. The van der Waals surface area contributed by atoms with Gasteiger partial charge < -0.3 is 10.1 Å². The maximum atomic E-state index is 6.03. The number of aromatic nitrogens is 3. The van der Waals surface area contributed by atoms with Crippen molar-refractivity contribution < 1.29 is 4.74 Å². The third-order valence-electron chi connectivity index (χ3n) is 1.97. The van der Waals surface area contributed by atoms with Gasteiger partial charge in [-0.3, -0.25) is 0 Å². The molecule has 18 heavy (non-hydrogen) atoms. The Morgan fingerprint density at radius 2 is 1.89 bits per heavy atom. The smallest absolute Gasteiger partial charge is 0.322 e. The van der Waals surface area contributed by atoms with Gasteiger partial charge in [-0.1, -0.05) is 29.3 Å². The van der Waals surface area contributed by atoms with Gasteiger partial charge >= 0.3 is 6.01 Å². The molecule has 0 unspecified atom stereocenters. The molecule has 94 valence electrons. The number of benzene rings is 1. The summed E-state index contributed by atoms with van der Waals surface area (Å²) < 4.78 is 4.88. The molecule has 0 fully saturated rings. The number of hydrogen-bond donors (Lipinski definition) is 1. The van der Waals surface area contributed by atoms with E-state index < -0.39 is 0 Å². The predicted octanol–water partition coefficient (Wildman–Crippen LogP) is 3.58. The average Bonchev–Trinajstić information content (AvgIpc) is 2.34. The lowest BCUT2D eigenvalue weighted by atomic mass is 10.3. The lowest BCUT2D eigenvalue weighted by molar-refractivity contribution is 0.379. The van der Waals surface area contributed by atoms with Crippen LogP contribution in [0.3, 0.4) is 0 Å². The molecule has 1 aromatic heterocycles. The highest BCUT2D eigenvalue weighted by Gasteiger charge is 2.09. The zero-order chi connectivity index (χ0) is 13.1. The van der Waals surface area contributed by atoms with Gasteiger partial charge in [0.2, 0.25) is 11.2 Å². The van der Waals surface area contributed by atoms with Gasteiger partial charge in [-0.05, 0) is 23.7 Å². The standard InChI is InChI=1S/C10H7Cl3N4O/c1-18-10-16-8(13)15-9(17-10)14-6-4-2-3-5(11)7(6)12/h2-4H,1H3,(H,14,15,16,17). The first-order valence-corrected chi connectivity index (χ1v) is 5.90. The minimum atomic E-state index is 0.0162. The van der Waals surface area contributed by atoms with E-state index in [1.807, 2.05) is 0 Å². The molecule has 1 N–H and O–H groups in total. The number of nitrogens with zero attached hydrogens (tertiary/aromatic N) is 3. The van der Waals surface area contributed by atoms with E-state index in [9.17, 15) is 0 Å². The fourth-order valence-electron chi connectivity index (χ4n) is 1.20. The molecule has 1 heterocycles. The van der Waals surface area contributed by atoms with E-state index in [1.54, 1.807) is 18.2 Å². The van der Waals surface area contributed by atoms with E-state index in [0.717, 1.165) is 0 Å². The summed E-state index contributed by atoms with van der Waals surface area (Å²) in [6.45, 7) is 0. The number of rotatable bonds is 3. The first-order chi connectivity index (χ1) is 8.60. The first-order valence-electron chi connectivity index (χ1n) is 4.76. The number of ether oxygens (including phenoxy) is 1. The second-order valence-electron chi connectivity index (χ2n) is 3.14. The topological polar surface area (TPSA) is 59.9 Å². The van der Waals surface area contributed by atoms with Crippen LogP contribution in [0.2, 0.25) is 15.3 Å². The number of methoxy groups -OCH3 is 1. The van der Waals surface area contributed by atoms with Crippen molar-refractivity contribution in [2.75, 3.05) is 12.4 Å². The van der Waals surface area contributed by atoms with Crippen LogP contribution in [0, 0.1) is 0 Å². The van der Waals surface area contributed by atoms with Crippen LogP contribution in [0.4, 0.5) is 11.6 Å². The monoisotopic (exact) mass is 304 g/mol. The Labute approximate surface area is 118 Å². The quantitative estimate of drug-likeness (QED) is 0.939. The van der Waals surface area contributed by atoms with Crippen molar-refractivity contribution in [1.82, 2.24) is 15.0 Å². The van der Waals surface area contributed by atoms with Crippen molar-refractivity contribution in [1.29, 1.82) is 0 Å². The minimum Gasteiger partial charge on any atom is -0.467 e. The Balaban J connectivity index is 2.34. The summed E-state index contributed by atoms with van der Waals surface area (Å²) >= 11 is 17.6. The Hall–Kier alpha value is -1.30. The summed E-state index contributed by atoms with van der Waals surface area (Å²) in [6.07, 6.45) is 0. The molecule has 2 aromatic rings. The van der Waals surface area contributed by atoms with Crippen LogP contribution in [0.1, 0.15) is 0 Å². The highest BCUT2D eigenvalue weighted by molar-refractivity contribution is 6.43. The molecule has 0 radical (unpaired) electrons. The summed E-state index contributed by atoms with van der Waals surface area (Å²) in [4.78, 5) is 11.6. The Morgan fingerprint density at radius 1 is 1.11 bits per heavy atom. The minimum absolute atomic E-state index is 0.0162. The lowest BCUT2D eigenvalue weighted by Gasteiger charge is -2.08. The van der Waals surface area contributed by atoms with Gasteiger partial charge in [-0.15, -0.1) is 0 Å². The Kier molecular flexibility index (Phi) is 4.06. The van der Waals surface area contributed by atoms with Crippen molar-refractivity contribution in [3.05, 3.63) is 33.5 Å². The Morgan fingerprint density at radius 3 is 2.61 bits per heavy atom. The van der Waals surface area contributed by atoms with Crippen molar-refractivity contribution in [2.45, 2.75) is 0 Å². The van der Waals surface area contributed by atoms with Crippen LogP contribution in [0.25, 0.3) is 0 Å². The zero-order valence-electron chi connectivity index (χ0n) is 9.12. The van der Waals surface area contributed by atoms with E-state index in [0.29, 0.717) is 15.7 Å². The van der Waals surface area contributed by atoms with Crippen molar-refractivity contribution in [3.8, 4) is 6.01 Å². The number of nitrogens with one attached hydrogen (secondary N) is 1. The summed E-state index contributed by atoms with van der Waals surface area (Å²) in [6, 6.07) is 5.26. The molecule has 0 aliphatic rings. The largest absolute Gasteiger partial charge is 0.467 e. The molecule has 5 nitrogen and oxygen atoms in total. The van der Waals surface area contributed by atoms with Gasteiger partial charge in [0.25, 0.3) is 0 Å². The molecule has 0 bridgehead atoms. The molecule has 0 aliphatic carbocycles. The predicted molar refractivity (Wildman–Crippen MR) is 71.1 cm³/mol. The van der Waals surface area contributed by atoms with Crippen LogP contribution in [0.5, 0.6) is 6.01 Å². The molecule has 0 aliphatic heterocycles. The molecule has 0 spiro atoms. The number of hydrogen-bond acceptors (Lipinski definition) is 5. The summed E-state index contributed by atoms with van der Waals surface area (Å²) in [5, 5.41) is 3.70. The molecular formula is C10H7Cl3N4O. The molecular weight excluding hydrogens is 298 g/mol. The number of halogens is 3. The molecule has 0 saturated heterocycles. The lowest BCUT2D eigenvalue weighted by Crippen LogP contribution is -2.02. The maximum Gasteiger partial charge on any atom is 0.322 e. The van der Waals surface area contributed by atoms with E-state index in [-0.39, 0.29) is 17.2 Å². The van der Waals surface area contributed by atoms with E-state index >= 15 is 0 Å². The maximum absolute atomic E-state index is 6.03. The SMILES string of the molecule is COc1nc(Cl)nc(Nc2cccc(Cl)c2Cl)n1. The molecule has 1 aromatic carbocycles. The van der Waals surface area contributed by atoms with Gasteiger partial charge in [0.15, 0.2) is 0 Å². The van der Waals surface area contributed by atoms with Crippen LogP contribution in [0.15, 0.2) is 18.2 Å². The third kappa shape index (κ3) is 2.93. The van der Waals surface area contributed by atoms with Crippen LogP contribution < -0.4 is 10.1 Å². The van der Waals surface area contributed by atoms with Crippen molar-refractivity contribution in [2.24, 2.45) is 0 Å². The van der Waals surface area contributed by atoms with E-state index in [4.69, 9.17) is 39.5 Å². The fraction of sp³-hybridized carbons (Fsp3) is 0.100. The van der Waals surface area contributed by atoms with Crippen LogP contribution in [-0.4, -0.2) is 22.1 Å². The highest BCUT2D eigenvalue weighted by atomic mass is 35.5. The van der Waals surface area contributed by atoms with Gasteiger partial charge in [0.05, 0.1) is 22.8 Å². The second-order valence-corrected chi connectivity index (χ2v) is 4.26. The normalized spacial score (nSPS) is 10.2. The number of anilines is 2. The first kappa shape index (κ1) is 13.1. The van der Waals surface area contributed by atoms with Gasteiger partial charge in [0, 0.05) is 0 Å². The van der Waals surface area contributed by atoms with Gasteiger partial charge in [0.1, 0.15) is 0 Å². The van der Waals surface area contributed by atoms with Gasteiger partial charge in [-0.2, -0.15) is 15.0 Å². The van der Waals surface area contributed by atoms with Crippen LogP contribution in [-0.2, 0) is 0 Å². The van der Waals surface area contributed by atoms with Crippen molar-refractivity contribution >= 4 is 46.4 Å². The van der Waals surface area contributed by atoms with E-state index in [2.05, 4.69) is 20.3 Å². The molecule has 2 rings (SSSR count). The zero-order valence-corrected chi connectivity index (χ0v) is 11.4. The molecule has 0 atom stereocenters. The van der Waals surface area contributed by atoms with Crippen LogP contribution >= 0.6 is 34.8 Å². The summed E-state index contributed by atoms with van der Waals surface area (Å²) in [7, 11) is 1.43. The van der Waals surface area contributed by atoms with E-state index in [1.165, 1.54) is 7.11 Å². The highest BCUT2D eigenvalue weighted by Crippen LogP contribution is 2.31.